The minimum atomic E-state index is 0.0266. The Bertz CT molecular complexity index is 633. The number of hydrogen-bond donors (Lipinski definition) is 1. The maximum absolute atomic E-state index is 12.6. The van der Waals surface area contributed by atoms with Gasteiger partial charge < -0.3 is 19.5 Å². The van der Waals surface area contributed by atoms with Gasteiger partial charge in [0.1, 0.15) is 0 Å². The van der Waals surface area contributed by atoms with Crippen molar-refractivity contribution in [3.05, 3.63) is 17.7 Å². The molecule has 1 aliphatic carbocycles. The minimum Gasteiger partial charge on any atom is -0.493 e. The standard InChI is InChI=1S/C22H35NO4/c1-7-22(2,3)16-9-11-17(12-10-16)23-19(24)14-15-8-13-18(25-4)21(27-6)20(15)26-5/h8,13,16-17H,7,9-12,14H2,1-6H3,(H,23,24). The highest BCUT2D eigenvalue weighted by molar-refractivity contribution is 5.80. The van der Waals surface area contributed by atoms with Crippen molar-refractivity contribution in [2.75, 3.05) is 21.3 Å². The molecule has 2 rings (SSSR count). The van der Waals surface area contributed by atoms with Crippen LogP contribution in [0.25, 0.3) is 0 Å². The normalized spacial score (nSPS) is 20.1. The lowest BCUT2D eigenvalue weighted by Gasteiger charge is -2.39. The number of amides is 1. The number of nitrogens with one attached hydrogen (secondary N) is 1. The highest BCUT2D eigenvalue weighted by atomic mass is 16.5. The summed E-state index contributed by atoms with van der Waals surface area (Å²) in [7, 11) is 4.73. The monoisotopic (exact) mass is 377 g/mol. The molecular weight excluding hydrogens is 342 g/mol. The zero-order chi connectivity index (χ0) is 20.0. The molecule has 0 spiro atoms. The molecule has 152 valence electrons. The molecule has 0 radical (unpaired) electrons. The second kappa shape index (κ2) is 9.34. The number of ether oxygens (including phenoxy) is 3. The van der Waals surface area contributed by atoms with E-state index in [1.807, 2.05) is 12.1 Å². The third-order valence-electron chi connectivity index (χ3n) is 6.25. The van der Waals surface area contributed by atoms with Crippen molar-refractivity contribution < 1.29 is 19.0 Å². The lowest BCUT2D eigenvalue weighted by Crippen LogP contribution is -2.40. The van der Waals surface area contributed by atoms with Crippen molar-refractivity contribution in [1.82, 2.24) is 5.32 Å². The van der Waals surface area contributed by atoms with E-state index in [1.165, 1.54) is 19.3 Å². The third-order valence-corrected chi connectivity index (χ3v) is 6.25. The van der Waals surface area contributed by atoms with Gasteiger partial charge in [-0.1, -0.05) is 33.3 Å². The van der Waals surface area contributed by atoms with E-state index in [4.69, 9.17) is 14.2 Å². The first-order valence-electron chi connectivity index (χ1n) is 9.93. The molecule has 1 saturated carbocycles. The minimum absolute atomic E-state index is 0.0266. The maximum Gasteiger partial charge on any atom is 0.224 e. The Labute approximate surface area is 163 Å². The SMILES string of the molecule is CCC(C)(C)C1CCC(NC(=O)Cc2ccc(OC)c(OC)c2OC)CC1. The maximum atomic E-state index is 12.6. The van der Waals surface area contributed by atoms with Gasteiger partial charge >= 0.3 is 0 Å². The molecule has 1 amide bonds. The van der Waals surface area contributed by atoms with Crippen molar-refractivity contribution in [3.8, 4) is 17.2 Å². The highest BCUT2D eigenvalue weighted by Gasteiger charge is 2.32. The summed E-state index contributed by atoms with van der Waals surface area (Å²) in [5, 5.41) is 3.21. The average Bonchev–Trinajstić information content (AvgIpc) is 2.67. The fourth-order valence-electron chi connectivity index (χ4n) is 4.06. The van der Waals surface area contributed by atoms with Crippen LogP contribution in [-0.4, -0.2) is 33.3 Å². The molecule has 0 saturated heterocycles. The van der Waals surface area contributed by atoms with E-state index >= 15 is 0 Å². The highest BCUT2D eigenvalue weighted by Crippen LogP contribution is 2.41. The van der Waals surface area contributed by atoms with Gasteiger partial charge in [-0.05, 0) is 43.1 Å². The lowest BCUT2D eigenvalue weighted by atomic mass is 9.69. The molecule has 0 bridgehead atoms. The van der Waals surface area contributed by atoms with Crippen LogP contribution >= 0.6 is 0 Å². The molecule has 1 aromatic rings. The third kappa shape index (κ3) is 5.08. The Morgan fingerprint density at radius 2 is 1.67 bits per heavy atom. The molecule has 0 unspecified atom stereocenters. The molecule has 27 heavy (non-hydrogen) atoms. The number of carbonyl (C=O) groups excluding carboxylic acids is 1. The molecule has 5 nitrogen and oxygen atoms in total. The van der Waals surface area contributed by atoms with Crippen molar-refractivity contribution in [1.29, 1.82) is 0 Å². The van der Waals surface area contributed by atoms with Crippen LogP contribution in [0, 0.1) is 11.3 Å². The fraction of sp³-hybridized carbons (Fsp3) is 0.682. The van der Waals surface area contributed by atoms with Crippen LogP contribution < -0.4 is 19.5 Å². The van der Waals surface area contributed by atoms with Crippen LogP contribution in [0.3, 0.4) is 0 Å². The smallest absolute Gasteiger partial charge is 0.224 e. The fourth-order valence-corrected chi connectivity index (χ4v) is 4.06. The van der Waals surface area contributed by atoms with Crippen LogP contribution in [0.15, 0.2) is 12.1 Å². The second-order valence-electron chi connectivity index (χ2n) is 8.13. The second-order valence-corrected chi connectivity index (χ2v) is 8.13. The molecular formula is C22H35NO4. The van der Waals surface area contributed by atoms with E-state index in [2.05, 4.69) is 26.1 Å². The molecule has 0 heterocycles. The summed E-state index contributed by atoms with van der Waals surface area (Å²) in [6.07, 6.45) is 5.96. The van der Waals surface area contributed by atoms with Crippen LogP contribution in [0.4, 0.5) is 0 Å². The summed E-state index contributed by atoms with van der Waals surface area (Å²) in [4.78, 5) is 12.6. The van der Waals surface area contributed by atoms with E-state index in [-0.39, 0.29) is 18.4 Å². The Morgan fingerprint density at radius 3 is 2.19 bits per heavy atom. The molecule has 0 aliphatic heterocycles. The quantitative estimate of drug-likeness (QED) is 0.731. The Balaban J connectivity index is 1.97. The van der Waals surface area contributed by atoms with Gasteiger partial charge in [-0.3, -0.25) is 4.79 Å². The van der Waals surface area contributed by atoms with Gasteiger partial charge in [0.2, 0.25) is 11.7 Å². The van der Waals surface area contributed by atoms with E-state index in [9.17, 15) is 4.79 Å². The first-order valence-corrected chi connectivity index (χ1v) is 9.93. The van der Waals surface area contributed by atoms with E-state index in [0.29, 0.717) is 22.7 Å². The van der Waals surface area contributed by atoms with Gasteiger partial charge in [0.25, 0.3) is 0 Å². The van der Waals surface area contributed by atoms with Gasteiger partial charge in [0, 0.05) is 11.6 Å². The predicted molar refractivity (Wildman–Crippen MR) is 108 cm³/mol. The van der Waals surface area contributed by atoms with Crippen LogP contribution in [0.1, 0.15) is 58.4 Å². The summed E-state index contributed by atoms with van der Waals surface area (Å²) >= 11 is 0. The first-order chi connectivity index (χ1) is 12.9. The summed E-state index contributed by atoms with van der Waals surface area (Å²) < 4.78 is 16.2. The molecule has 1 aromatic carbocycles. The van der Waals surface area contributed by atoms with Gasteiger partial charge in [-0.25, -0.2) is 0 Å². The van der Waals surface area contributed by atoms with E-state index in [1.54, 1.807) is 21.3 Å². The number of rotatable bonds is 8. The van der Waals surface area contributed by atoms with Crippen molar-refractivity contribution in [2.45, 2.75) is 65.3 Å². The van der Waals surface area contributed by atoms with Gasteiger partial charge in [0.15, 0.2) is 11.5 Å². The van der Waals surface area contributed by atoms with E-state index in [0.717, 1.165) is 24.3 Å². The van der Waals surface area contributed by atoms with Gasteiger partial charge in [-0.15, -0.1) is 0 Å². The molecule has 1 aliphatic rings. The summed E-state index contributed by atoms with van der Waals surface area (Å²) in [6.45, 7) is 6.99. The molecule has 1 N–H and O–H groups in total. The number of hydrogen-bond acceptors (Lipinski definition) is 4. The number of carbonyl (C=O) groups is 1. The first kappa shape index (κ1) is 21.4. The Kier molecular flexibility index (Phi) is 7.40. The number of methoxy groups -OCH3 is 3. The summed E-state index contributed by atoms with van der Waals surface area (Å²) in [5.41, 5.74) is 1.19. The van der Waals surface area contributed by atoms with Crippen molar-refractivity contribution in [3.63, 3.8) is 0 Å². The Morgan fingerprint density at radius 1 is 1.04 bits per heavy atom. The number of benzene rings is 1. The van der Waals surface area contributed by atoms with Gasteiger partial charge in [-0.2, -0.15) is 0 Å². The topological polar surface area (TPSA) is 56.8 Å². The predicted octanol–water partition coefficient (Wildman–Crippen LogP) is 4.37. The zero-order valence-corrected chi connectivity index (χ0v) is 17.7. The molecule has 1 fully saturated rings. The molecule has 5 heteroatoms. The van der Waals surface area contributed by atoms with Gasteiger partial charge in [0.05, 0.1) is 27.8 Å². The van der Waals surface area contributed by atoms with Crippen LogP contribution in [0.2, 0.25) is 0 Å². The molecule has 0 aromatic heterocycles. The van der Waals surface area contributed by atoms with E-state index < -0.39 is 0 Å². The zero-order valence-electron chi connectivity index (χ0n) is 17.7. The average molecular weight is 378 g/mol. The molecule has 0 atom stereocenters. The van der Waals surface area contributed by atoms with Crippen LogP contribution in [0.5, 0.6) is 17.2 Å². The summed E-state index contributed by atoms with van der Waals surface area (Å²) in [5.74, 6) is 2.45. The van der Waals surface area contributed by atoms with Crippen molar-refractivity contribution in [2.24, 2.45) is 11.3 Å². The van der Waals surface area contributed by atoms with Crippen molar-refractivity contribution >= 4 is 5.91 Å². The lowest BCUT2D eigenvalue weighted by molar-refractivity contribution is -0.121. The summed E-state index contributed by atoms with van der Waals surface area (Å²) in [6, 6.07) is 3.94. The van der Waals surface area contributed by atoms with Crippen LogP contribution in [-0.2, 0) is 11.2 Å². The largest absolute Gasteiger partial charge is 0.493 e. The Hall–Kier alpha value is -1.91.